The normalized spacial score (nSPS) is 17.6. The highest BCUT2D eigenvalue weighted by atomic mass is 16.2. The second-order valence-electron chi connectivity index (χ2n) is 7.63. The van der Waals surface area contributed by atoms with Crippen LogP contribution in [0, 0.1) is 12.8 Å². The Hall–Kier alpha value is -2.66. The molecule has 2 aromatic rings. The fraction of sp³-hybridized carbons (Fsp3) is 0.417. The van der Waals surface area contributed by atoms with Crippen molar-refractivity contribution < 1.29 is 9.59 Å². The van der Waals surface area contributed by atoms with Gasteiger partial charge in [-0.05, 0) is 37.7 Å². The highest BCUT2D eigenvalue weighted by Crippen LogP contribution is 2.25. The van der Waals surface area contributed by atoms with Crippen LogP contribution in [0.15, 0.2) is 54.6 Å². The first kappa shape index (κ1) is 21.1. The molecule has 0 aromatic heterocycles. The van der Waals surface area contributed by atoms with Crippen LogP contribution in [0.1, 0.15) is 37.4 Å². The number of hydrogen-bond donors (Lipinski definition) is 1. The Morgan fingerprint density at radius 3 is 2.38 bits per heavy atom. The molecule has 0 bridgehead atoms. The fourth-order valence-electron chi connectivity index (χ4n) is 3.99. The van der Waals surface area contributed by atoms with Crippen molar-refractivity contribution in [1.29, 1.82) is 0 Å². The smallest absolute Gasteiger partial charge is 0.227 e. The number of rotatable bonds is 8. The molecular formula is C24H31N3O2. The second kappa shape index (κ2) is 9.70. The molecule has 1 N–H and O–H groups in total. The molecule has 5 nitrogen and oxygen atoms in total. The van der Waals surface area contributed by atoms with E-state index in [-0.39, 0.29) is 30.2 Å². The summed E-state index contributed by atoms with van der Waals surface area (Å²) in [4.78, 5) is 29.3. The molecule has 2 aromatic carbocycles. The first-order chi connectivity index (χ1) is 14.0. The van der Waals surface area contributed by atoms with Crippen molar-refractivity contribution in [2.45, 2.75) is 33.2 Å². The monoisotopic (exact) mass is 393 g/mol. The summed E-state index contributed by atoms with van der Waals surface area (Å²) in [5.41, 5.74) is 3.28. The number of benzene rings is 2. The van der Waals surface area contributed by atoms with Gasteiger partial charge in [0.15, 0.2) is 0 Å². The zero-order chi connectivity index (χ0) is 20.8. The molecule has 3 rings (SSSR count). The van der Waals surface area contributed by atoms with Gasteiger partial charge in [-0.3, -0.25) is 14.5 Å². The van der Waals surface area contributed by atoms with E-state index in [1.165, 1.54) is 11.1 Å². The number of carbonyl (C=O) groups excluding carboxylic acids is 2. The Balaban J connectivity index is 1.65. The largest absolute Gasteiger partial charge is 0.354 e. The predicted octanol–water partition coefficient (Wildman–Crippen LogP) is 3.55. The first-order valence-corrected chi connectivity index (χ1v) is 10.5. The van der Waals surface area contributed by atoms with Crippen LogP contribution in [0.4, 0.5) is 5.69 Å². The van der Waals surface area contributed by atoms with E-state index in [1.807, 2.05) is 30.3 Å². The topological polar surface area (TPSA) is 52.7 Å². The lowest BCUT2D eigenvalue weighted by Gasteiger charge is -2.30. The van der Waals surface area contributed by atoms with Crippen LogP contribution in [-0.2, 0) is 9.59 Å². The molecule has 0 saturated carbocycles. The number of para-hydroxylation sites is 1. The quantitative estimate of drug-likeness (QED) is 0.746. The highest BCUT2D eigenvalue weighted by molar-refractivity contribution is 6.00. The molecule has 0 radical (unpaired) electrons. The van der Waals surface area contributed by atoms with Gasteiger partial charge in [-0.2, -0.15) is 0 Å². The average molecular weight is 394 g/mol. The number of nitrogens with one attached hydrogen (secondary N) is 1. The third-order valence-corrected chi connectivity index (χ3v) is 5.75. The van der Waals surface area contributed by atoms with Gasteiger partial charge in [-0.25, -0.2) is 0 Å². The maximum atomic E-state index is 12.8. The van der Waals surface area contributed by atoms with Crippen molar-refractivity contribution in [3.8, 4) is 0 Å². The summed E-state index contributed by atoms with van der Waals surface area (Å²) >= 11 is 0. The minimum Gasteiger partial charge on any atom is -0.354 e. The predicted molar refractivity (Wildman–Crippen MR) is 117 cm³/mol. The Morgan fingerprint density at radius 1 is 1.10 bits per heavy atom. The molecule has 0 spiro atoms. The first-order valence-electron chi connectivity index (χ1n) is 10.5. The number of aryl methyl sites for hydroxylation is 1. The lowest BCUT2D eigenvalue weighted by atomic mass is 10.0. The number of carbonyl (C=O) groups is 2. The van der Waals surface area contributed by atoms with Crippen LogP contribution in [0.5, 0.6) is 0 Å². The fourth-order valence-corrected chi connectivity index (χ4v) is 3.99. The van der Waals surface area contributed by atoms with E-state index in [2.05, 4.69) is 55.3 Å². The van der Waals surface area contributed by atoms with Crippen molar-refractivity contribution in [3.05, 3.63) is 65.7 Å². The molecule has 154 valence electrons. The Morgan fingerprint density at radius 2 is 1.76 bits per heavy atom. The van der Waals surface area contributed by atoms with E-state index in [1.54, 1.807) is 4.90 Å². The van der Waals surface area contributed by atoms with E-state index in [4.69, 9.17) is 0 Å². The van der Waals surface area contributed by atoms with Gasteiger partial charge in [0.25, 0.3) is 0 Å². The van der Waals surface area contributed by atoms with Crippen molar-refractivity contribution in [3.63, 3.8) is 0 Å². The maximum Gasteiger partial charge on any atom is 0.227 e. The molecular weight excluding hydrogens is 362 g/mol. The van der Waals surface area contributed by atoms with Crippen LogP contribution >= 0.6 is 0 Å². The summed E-state index contributed by atoms with van der Waals surface area (Å²) in [5, 5.41) is 3.12. The molecule has 1 aliphatic heterocycles. The Kier molecular flexibility index (Phi) is 7.04. The van der Waals surface area contributed by atoms with Crippen LogP contribution in [0.25, 0.3) is 0 Å². The summed E-state index contributed by atoms with van der Waals surface area (Å²) in [6, 6.07) is 18.2. The second-order valence-corrected chi connectivity index (χ2v) is 7.63. The Bertz CT molecular complexity index is 816. The summed E-state index contributed by atoms with van der Waals surface area (Å²) in [7, 11) is 0. The van der Waals surface area contributed by atoms with Crippen LogP contribution in [0.3, 0.4) is 0 Å². The third-order valence-electron chi connectivity index (χ3n) is 5.75. The molecule has 0 aliphatic carbocycles. The van der Waals surface area contributed by atoms with E-state index in [0.717, 1.165) is 18.8 Å². The van der Waals surface area contributed by atoms with Crippen LogP contribution in [0.2, 0.25) is 0 Å². The summed E-state index contributed by atoms with van der Waals surface area (Å²) in [6.45, 7) is 9.16. The zero-order valence-corrected chi connectivity index (χ0v) is 17.6. The van der Waals surface area contributed by atoms with Gasteiger partial charge in [0.1, 0.15) is 0 Å². The van der Waals surface area contributed by atoms with Crippen molar-refractivity contribution in [2.24, 2.45) is 5.92 Å². The lowest BCUT2D eigenvalue weighted by molar-refractivity contribution is -0.126. The van der Waals surface area contributed by atoms with Crippen molar-refractivity contribution >= 4 is 17.5 Å². The lowest BCUT2D eigenvalue weighted by Crippen LogP contribution is -2.40. The average Bonchev–Trinajstić information content (AvgIpc) is 3.14. The van der Waals surface area contributed by atoms with E-state index < -0.39 is 0 Å². The molecule has 2 amide bonds. The van der Waals surface area contributed by atoms with E-state index in [9.17, 15) is 9.59 Å². The van der Waals surface area contributed by atoms with Gasteiger partial charge >= 0.3 is 0 Å². The number of amides is 2. The molecule has 5 heteroatoms. The number of nitrogens with zero attached hydrogens (tertiary/aromatic N) is 2. The van der Waals surface area contributed by atoms with E-state index >= 15 is 0 Å². The molecule has 1 saturated heterocycles. The number of hydrogen-bond acceptors (Lipinski definition) is 3. The molecule has 1 fully saturated rings. The molecule has 1 aliphatic rings. The maximum absolute atomic E-state index is 12.8. The highest BCUT2D eigenvalue weighted by Gasteiger charge is 2.35. The van der Waals surface area contributed by atoms with Gasteiger partial charge in [0, 0.05) is 25.2 Å². The number of likely N-dealkylation sites (N-methyl/N-ethyl adjacent to an activating group) is 1. The summed E-state index contributed by atoms with van der Waals surface area (Å²) in [6.07, 6.45) is 0.265. The van der Waals surface area contributed by atoms with Gasteiger partial charge in [0.05, 0.1) is 12.0 Å². The summed E-state index contributed by atoms with van der Waals surface area (Å²) < 4.78 is 0. The number of anilines is 1. The van der Waals surface area contributed by atoms with Crippen LogP contribution < -0.4 is 10.2 Å². The van der Waals surface area contributed by atoms with Gasteiger partial charge in [-0.15, -0.1) is 0 Å². The minimum atomic E-state index is -0.307. The zero-order valence-electron chi connectivity index (χ0n) is 17.6. The Labute approximate surface area is 173 Å². The van der Waals surface area contributed by atoms with Gasteiger partial charge < -0.3 is 10.2 Å². The van der Waals surface area contributed by atoms with Crippen molar-refractivity contribution in [2.75, 3.05) is 31.1 Å². The van der Waals surface area contributed by atoms with Crippen molar-refractivity contribution in [1.82, 2.24) is 10.2 Å². The molecule has 29 heavy (non-hydrogen) atoms. The minimum absolute atomic E-state index is 0.00942. The third kappa shape index (κ3) is 5.04. The van der Waals surface area contributed by atoms with E-state index in [0.29, 0.717) is 13.1 Å². The SMILES string of the molecule is CCN(CC)C(CNC(=O)C1CC(=O)N(c2ccccc2)C1)c1ccc(C)cc1. The molecule has 2 unspecified atom stereocenters. The molecule has 1 heterocycles. The standard InChI is InChI=1S/C24H31N3O2/c1-4-26(5-2)22(19-13-11-18(3)12-14-19)16-25-24(29)20-15-23(28)27(17-20)21-9-7-6-8-10-21/h6-14,20,22H,4-5,15-17H2,1-3H3,(H,25,29). The molecule has 2 atom stereocenters. The summed E-state index contributed by atoms with van der Waals surface area (Å²) in [5.74, 6) is -0.339. The van der Waals surface area contributed by atoms with Gasteiger partial charge in [0.2, 0.25) is 11.8 Å². The van der Waals surface area contributed by atoms with Crippen LogP contribution in [-0.4, -0.2) is 42.9 Å². The van der Waals surface area contributed by atoms with Gasteiger partial charge in [-0.1, -0.05) is 61.9 Å².